The Balaban J connectivity index is 1.72. The molecule has 2 heteroatoms. The third-order valence-corrected chi connectivity index (χ3v) is 8.89. The minimum absolute atomic E-state index is 0.413. The highest BCUT2D eigenvalue weighted by atomic mass is 32.2. The lowest BCUT2D eigenvalue weighted by Gasteiger charge is -2.42. The van der Waals surface area contributed by atoms with Crippen molar-refractivity contribution in [3.05, 3.63) is 40.3 Å². The third kappa shape index (κ3) is 1.39. The summed E-state index contributed by atoms with van der Waals surface area (Å²) in [4.78, 5) is 1.76. The van der Waals surface area contributed by atoms with Crippen LogP contribution in [-0.4, -0.2) is 12.4 Å². The quantitative estimate of drug-likeness (QED) is 0.648. The number of thioether (sulfide) groups is 1. The van der Waals surface area contributed by atoms with Crippen molar-refractivity contribution in [1.82, 2.24) is 0 Å². The van der Waals surface area contributed by atoms with E-state index in [2.05, 4.69) is 56.8 Å². The highest BCUT2D eigenvalue weighted by Gasteiger charge is 2.63. The fourth-order valence-corrected chi connectivity index (χ4v) is 7.49. The highest BCUT2D eigenvalue weighted by molar-refractivity contribution is 8.03. The van der Waals surface area contributed by atoms with Crippen LogP contribution in [0.3, 0.4) is 0 Å². The second-order valence-corrected chi connectivity index (χ2v) is 9.36. The summed E-state index contributed by atoms with van der Waals surface area (Å²) in [6.45, 7) is 8.47. The molecule has 0 saturated heterocycles. The number of fused-ring (bicyclic) bond motifs is 8. The number of rotatable bonds is 0. The molecule has 0 aromatic heterocycles. The smallest absolute Gasteiger partial charge is 0.123 e. The summed E-state index contributed by atoms with van der Waals surface area (Å²) in [7, 11) is 0. The molecule has 2 aliphatic carbocycles. The monoisotopic (exact) mass is 312 g/mol. The van der Waals surface area contributed by atoms with Gasteiger partial charge in [0.25, 0.3) is 0 Å². The molecule has 22 heavy (non-hydrogen) atoms. The molecule has 1 aromatic carbocycles. The maximum atomic E-state index is 6.06. The fourth-order valence-electron chi connectivity index (χ4n) is 5.70. The van der Waals surface area contributed by atoms with Gasteiger partial charge in [-0.3, -0.25) is 0 Å². The summed E-state index contributed by atoms with van der Waals surface area (Å²) in [5.41, 5.74) is 4.09. The molecule has 2 aliphatic heterocycles. The zero-order valence-corrected chi connectivity index (χ0v) is 14.5. The number of benzene rings is 1. The summed E-state index contributed by atoms with van der Waals surface area (Å²) in [6.07, 6.45) is 2.77. The molecule has 1 nitrogen and oxygen atoms in total. The van der Waals surface area contributed by atoms with Crippen LogP contribution in [0.15, 0.2) is 34.7 Å². The first kappa shape index (κ1) is 13.5. The van der Waals surface area contributed by atoms with Crippen molar-refractivity contribution in [2.75, 3.05) is 12.4 Å². The zero-order chi connectivity index (χ0) is 15.1. The lowest BCUT2D eigenvalue weighted by atomic mass is 9.69. The summed E-state index contributed by atoms with van der Waals surface area (Å²) in [5.74, 6) is 4.42. The van der Waals surface area contributed by atoms with Gasteiger partial charge in [0, 0.05) is 28.6 Å². The number of hydrogen-bond donors (Lipinski definition) is 0. The van der Waals surface area contributed by atoms with Crippen LogP contribution in [0.2, 0.25) is 0 Å². The summed E-state index contributed by atoms with van der Waals surface area (Å²) < 4.78 is 6.06. The van der Waals surface area contributed by atoms with Gasteiger partial charge < -0.3 is 4.74 Å². The molecule has 1 aromatic rings. The number of para-hydroxylation sites is 1. The zero-order valence-electron chi connectivity index (χ0n) is 13.7. The maximum Gasteiger partial charge on any atom is 0.123 e. The van der Waals surface area contributed by atoms with Gasteiger partial charge in [-0.05, 0) is 40.7 Å². The molecule has 4 aliphatic rings. The van der Waals surface area contributed by atoms with Crippen molar-refractivity contribution in [3.8, 4) is 5.75 Å². The van der Waals surface area contributed by atoms with Gasteiger partial charge in [-0.1, -0.05) is 39.0 Å². The largest absolute Gasteiger partial charge is 0.493 e. The van der Waals surface area contributed by atoms with Crippen LogP contribution in [0.4, 0.5) is 0 Å². The van der Waals surface area contributed by atoms with E-state index >= 15 is 0 Å². The van der Waals surface area contributed by atoms with Crippen molar-refractivity contribution in [2.24, 2.45) is 22.7 Å². The molecule has 0 spiro atoms. The van der Waals surface area contributed by atoms with Crippen molar-refractivity contribution >= 4 is 11.8 Å². The molecule has 0 N–H and O–H groups in total. The van der Waals surface area contributed by atoms with E-state index in [1.165, 1.54) is 24.2 Å². The highest BCUT2D eigenvalue weighted by Crippen LogP contribution is 2.74. The maximum absolute atomic E-state index is 6.06. The normalized spacial score (nSPS) is 40.8. The second-order valence-electron chi connectivity index (χ2n) is 8.33. The Hall–Kier alpha value is -0.890. The van der Waals surface area contributed by atoms with Crippen LogP contribution >= 0.6 is 11.8 Å². The standard InChI is InChI=1S/C20H24OS/c1-19(2)14-8-9-20(19,3)18-17(14)16-12(11-22-18)10-21-15-7-5-4-6-13(15)16/h4-7,12,14,16H,8-11H2,1-3H3/t12-,14+,16-,20-/m0/s1. The van der Waals surface area contributed by atoms with Crippen LogP contribution < -0.4 is 4.74 Å². The third-order valence-electron chi connectivity index (χ3n) is 7.32. The van der Waals surface area contributed by atoms with Gasteiger partial charge >= 0.3 is 0 Å². The molecule has 2 bridgehead atoms. The van der Waals surface area contributed by atoms with E-state index in [-0.39, 0.29) is 0 Å². The van der Waals surface area contributed by atoms with E-state index in [1.807, 2.05) is 0 Å². The van der Waals surface area contributed by atoms with Crippen LogP contribution in [0.5, 0.6) is 5.75 Å². The predicted octanol–water partition coefficient (Wildman–Crippen LogP) is 5.24. The van der Waals surface area contributed by atoms with E-state index in [0.29, 0.717) is 22.7 Å². The Morgan fingerprint density at radius 2 is 2.00 bits per heavy atom. The number of ether oxygens (including phenoxy) is 1. The van der Waals surface area contributed by atoms with Crippen molar-refractivity contribution in [1.29, 1.82) is 0 Å². The van der Waals surface area contributed by atoms with E-state index in [9.17, 15) is 0 Å². The van der Waals surface area contributed by atoms with Crippen LogP contribution in [-0.2, 0) is 0 Å². The van der Waals surface area contributed by atoms with Gasteiger partial charge in [-0.15, -0.1) is 11.8 Å². The summed E-state index contributed by atoms with van der Waals surface area (Å²) in [6, 6.07) is 8.77. The molecule has 116 valence electrons. The Morgan fingerprint density at radius 1 is 1.18 bits per heavy atom. The molecule has 2 heterocycles. The lowest BCUT2D eigenvalue weighted by molar-refractivity contribution is 0.171. The lowest BCUT2D eigenvalue weighted by Crippen LogP contribution is -2.34. The van der Waals surface area contributed by atoms with E-state index < -0.39 is 0 Å². The van der Waals surface area contributed by atoms with Crippen molar-refractivity contribution in [2.45, 2.75) is 39.5 Å². The first-order chi connectivity index (χ1) is 10.5. The Kier molecular flexibility index (Phi) is 2.55. The van der Waals surface area contributed by atoms with Crippen LogP contribution in [0, 0.1) is 22.7 Å². The van der Waals surface area contributed by atoms with Gasteiger partial charge in [0.15, 0.2) is 0 Å². The van der Waals surface area contributed by atoms with Crippen LogP contribution in [0.1, 0.15) is 45.1 Å². The second kappa shape index (κ2) is 4.14. The topological polar surface area (TPSA) is 9.23 Å². The minimum Gasteiger partial charge on any atom is -0.493 e. The molecule has 0 radical (unpaired) electrons. The van der Waals surface area contributed by atoms with Gasteiger partial charge in [0.1, 0.15) is 5.75 Å². The van der Waals surface area contributed by atoms with Gasteiger partial charge in [0.2, 0.25) is 0 Å². The molecule has 1 saturated carbocycles. The van der Waals surface area contributed by atoms with E-state index in [4.69, 9.17) is 4.74 Å². The van der Waals surface area contributed by atoms with Gasteiger partial charge in [0.05, 0.1) is 6.61 Å². The van der Waals surface area contributed by atoms with E-state index in [1.54, 1.807) is 10.5 Å². The number of hydrogen-bond acceptors (Lipinski definition) is 2. The molecule has 1 fully saturated rings. The molecule has 0 unspecified atom stereocenters. The SMILES string of the molecule is CC1(C)[C@@H]2CC[C@@]1(C)C1=C2[C@@H]2c3ccccc3OC[C@H]2CS1. The predicted molar refractivity (Wildman–Crippen MR) is 92.3 cm³/mol. The first-order valence-electron chi connectivity index (χ1n) is 8.63. The number of allylic oxidation sites excluding steroid dienone is 2. The van der Waals surface area contributed by atoms with Crippen molar-refractivity contribution in [3.63, 3.8) is 0 Å². The average molecular weight is 312 g/mol. The molecule has 0 amide bonds. The van der Waals surface area contributed by atoms with Crippen LogP contribution in [0.25, 0.3) is 0 Å². The summed E-state index contributed by atoms with van der Waals surface area (Å²) in [5, 5.41) is 0. The van der Waals surface area contributed by atoms with Gasteiger partial charge in [-0.25, -0.2) is 0 Å². The molecular formula is C20H24OS. The first-order valence-corrected chi connectivity index (χ1v) is 9.61. The molecule has 5 rings (SSSR count). The molecule has 4 atom stereocenters. The fraction of sp³-hybridized carbons (Fsp3) is 0.600. The Morgan fingerprint density at radius 3 is 2.86 bits per heavy atom. The average Bonchev–Trinajstić information content (AvgIpc) is 2.86. The Bertz CT molecular complexity index is 689. The van der Waals surface area contributed by atoms with Gasteiger partial charge in [-0.2, -0.15) is 0 Å². The minimum atomic E-state index is 0.413. The summed E-state index contributed by atoms with van der Waals surface area (Å²) >= 11 is 2.16. The van der Waals surface area contributed by atoms with Crippen molar-refractivity contribution < 1.29 is 4.74 Å². The molecular weight excluding hydrogens is 288 g/mol. The van der Waals surface area contributed by atoms with E-state index in [0.717, 1.165) is 18.3 Å². The Labute approximate surface area is 137 Å².